The van der Waals surface area contributed by atoms with Gasteiger partial charge in [-0.3, -0.25) is 37.3 Å². The lowest BCUT2D eigenvalue weighted by Crippen LogP contribution is -2.30. The maximum absolute atomic E-state index is 13.0. The van der Waals surface area contributed by atoms with E-state index >= 15 is 0 Å². The third kappa shape index (κ3) is 64.3. The molecule has 0 aromatic carbocycles. The van der Waals surface area contributed by atoms with Gasteiger partial charge in [0.2, 0.25) is 0 Å². The Morgan fingerprint density at radius 3 is 0.911 bits per heavy atom. The second-order valence-corrected chi connectivity index (χ2v) is 28.3. The van der Waals surface area contributed by atoms with E-state index in [9.17, 15) is 43.2 Å². The highest BCUT2D eigenvalue weighted by molar-refractivity contribution is 7.47. The molecule has 0 spiro atoms. The molecule has 90 heavy (non-hydrogen) atoms. The van der Waals surface area contributed by atoms with Gasteiger partial charge in [0.05, 0.1) is 26.4 Å². The fourth-order valence-electron chi connectivity index (χ4n) is 10.3. The number of carbonyl (C=O) groups excluding carboxylic acids is 4. The normalized spacial score (nSPS) is 14.2. The highest BCUT2D eigenvalue weighted by atomic mass is 31.2. The molecular formula is C71H134O17P2. The van der Waals surface area contributed by atoms with Crippen LogP contribution >= 0.6 is 15.6 Å². The predicted octanol–water partition coefficient (Wildman–Crippen LogP) is 20.1. The Morgan fingerprint density at radius 2 is 0.600 bits per heavy atom. The summed E-state index contributed by atoms with van der Waals surface area (Å²) in [6.07, 6.45) is 53.4. The summed E-state index contributed by atoms with van der Waals surface area (Å²) in [5, 5.41) is 10.6. The Labute approximate surface area is 548 Å². The number of aliphatic hydroxyl groups excluding tert-OH is 1. The molecule has 0 saturated heterocycles. The second-order valence-electron chi connectivity index (χ2n) is 25.4. The first-order valence-electron chi connectivity index (χ1n) is 36.5. The molecule has 0 heterocycles. The number of hydrogen-bond donors (Lipinski definition) is 3. The van der Waals surface area contributed by atoms with Gasteiger partial charge in [0.25, 0.3) is 0 Å². The van der Waals surface area contributed by atoms with Crippen LogP contribution in [0, 0.1) is 5.92 Å². The average Bonchev–Trinajstić information content (AvgIpc) is 3.21. The lowest BCUT2D eigenvalue weighted by Gasteiger charge is -2.21. The first-order valence-corrected chi connectivity index (χ1v) is 39.4. The molecule has 0 bridgehead atoms. The van der Waals surface area contributed by atoms with Gasteiger partial charge < -0.3 is 33.8 Å². The smallest absolute Gasteiger partial charge is 0.462 e. The number of unbranched alkanes of at least 4 members (excludes halogenated alkanes) is 38. The van der Waals surface area contributed by atoms with E-state index in [1.54, 1.807) is 0 Å². The van der Waals surface area contributed by atoms with E-state index in [0.29, 0.717) is 25.7 Å². The van der Waals surface area contributed by atoms with Gasteiger partial charge in [0, 0.05) is 25.7 Å². The topological polar surface area (TPSA) is 237 Å². The van der Waals surface area contributed by atoms with Crippen LogP contribution in [0.5, 0.6) is 0 Å². The molecule has 0 aliphatic heterocycles. The third-order valence-corrected chi connectivity index (χ3v) is 17.8. The molecule has 19 heteroatoms. The second kappa shape index (κ2) is 63.9. The van der Waals surface area contributed by atoms with Gasteiger partial charge in [-0.1, -0.05) is 290 Å². The molecule has 0 rings (SSSR count). The van der Waals surface area contributed by atoms with E-state index < -0.39 is 97.5 Å². The summed E-state index contributed by atoms with van der Waals surface area (Å²) >= 11 is 0. The predicted molar refractivity (Wildman–Crippen MR) is 363 cm³/mol. The van der Waals surface area contributed by atoms with Crippen LogP contribution < -0.4 is 0 Å². The van der Waals surface area contributed by atoms with Gasteiger partial charge in [0.1, 0.15) is 19.3 Å². The van der Waals surface area contributed by atoms with Crippen LogP contribution in [-0.4, -0.2) is 96.7 Å². The van der Waals surface area contributed by atoms with Crippen molar-refractivity contribution >= 4 is 39.5 Å². The maximum Gasteiger partial charge on any atom is 0.472 e. The van der Waals surface area contributed by atoms with E-state index in [1.165, 1.54) is 154 Å². The number of rotatable bonds is 69. The highest BCUT2D eigenvalue weighted by Crippen LogP contribution is 2.45. The van der Waals surface area contributed by atoms with Gasteiger partial charge in [0.15, 0.2) is 12.2 Å². The summed E-state index contributed by atoms with van der Waals surface area (Å²) in [6, 6.07) is 0. The summed E-state index contributed by atoms with van der Waals surface area (Å²) in [4.78, 5) is 72.5. The zero-order valence-electron chi connectivity index (χ0n) is 57.8. The number of phosphoric ester groups is 2. The van der Waals surface area contributed by atoms with Gasteiger partial charge in [-0.25, -0.2) is 9.13 Å². The van der Waals surface area contributed by atoms with E-state index in [-0.39, 0.29) is 25.7 Å². The molecule has 2 unspecified atom stereocenters. The van der Waals surface area contributed by atoms with E-state index in [2.05, 4.69) is 58.9 Å². The van der Waals surface area contributed by atoms with E-state index in [0.717, 1.165) is 109 Å². The Hall–Kier alpha value is -2.46. The number of allylic oxidation sites excluding steroid dienone is 4. The lowest BCUT2D eigenvalue weighted by atomic mass is 10.0. The highest BCUT2D eigenvalue weighted by Gasteiger charge is 2.30. The molecular weight excluding hydrogens is 1190 g/mol. The number of carbonyl (C=O) groups is 4. The van der Waals surface area contributed by atoms with Crippen LogP contribution in [0.3, 0.4) is 0 Å². The minimum absolute atomic E-state index is 0.0850. The van der Waals surface area contributed by atoms with Crippen molar-refractivity contribution in [1.29, 1.82) is 0 Å². The largest absolute Gasteiger partial charge is 0.472 e. The summed E-state index contributed by atoms with van der Waals surface area (Å²) in [6.45, 7) is 7.17. The van der Waals surface area contributed by atoms with Crippen molar-refractivity contribution in [2.24, 2.45) is 5.92 Å². The number of hydrogen-bond acceptors (Lipinski definition) is 15. The molecule has 5 atom stereocenters. The number of esters is 4. The standard InChI is InChI=1S/C71H134O17P2/c1-6-9-12-15-18-21-24-25-26-27-30-37-42-47-52-57-71(76)88-67(61-82-69(74)55-50-45-40-35-32-31-33-38-43-48-53-64(4)5)63-86-90(79,80)84-59-65(72)58-83-89(77,78)85-62-66(87-70(75)56-51-46-41-36-29-23-20-17-14-11-8-3)60-81-68(73)54-49-44-39-34-28-22-19-16-13-10-7-2/h21,24-26,64-67,72H,6-20,22-23,27-63H2,1-5H3,(H,77,78)(H,79,80)/b24-21-,26-25-/t65-,66+,67+/m0/s1. The van der Waals surface area contributed by atoms with Crippen molar-refractivity contribution in [1.82, 2.24) is 0 Å². The molecule has 0 radical (unpaired) electrons. The van der Waals surface area contributed by atoms with E-state index in [4.69, 9.17) is 37.0 Å². The Morgan fingerprint density at radius 1 is 0.344 bits per heavy atom. The monoisotopic (exact) mass is 1320 g/mol. The van der Waals surface area contributed by atoms with Crippen LogP contribution in [0.4, 0.5) is 0 Å². The van der Waals surface area contributed by atoms with Gasteiger partial charge in [-0.2, -0.15) is 0 Å². The fourth-order valence-corrected chi connectivity index (χ4v) is 11.9. The summed E-state index contributed by atoms with van der Waals surface area (Å²) in [7, 11) is -9.91. The summed E-state index contributed by atoms with van der Waals surface area (Å²) in [5.41, 5.74) is 0. The van der Waals surface area contributed by atoms with Crippen LogP contribution in [0.2, 0.25) is 0 Å². The summed E-state index contributed by atoms with van der Waals surface area (Å²) in [5.74, 6) is -1.39. The van der Waals surface area contributed by atoms with Gasteiger partial charge >= 0.3 is 39.5 Å². The van der Waals surface area contributed by atoms with Crippen molar-refractivity contribution in [2.45, 2.75) is 361 Å². The zero-order chi connectivity index (χ0) is 66.3. The summed E-state index contributed by atoms with van der Waals surface area (Å²) < 4.78 is 68.3. The van der Waals surface area contributed by atoms with Crippen LogP contribution in [0.25, 0.3) is 0 Å². The molecule has 0 aliphatic rings. The quantitative estimate of drug-likeness (QED) is 0.0169. The van der Waals surface area contributed by atoms with Crippen LogP contribution in [0.15, 0.2) is 24.3 Å². The van der Waals surface area contributed by atoms with Crippen LogP contribution in [-0.2, 0) is 65.4 Å². The average molecular weight is 1320 g/mol. The number of phosphoric acid groups is 2. The SMILES string of the molecule is CCCCCC/C=C\C=C/CCCCCCCC(=O)O[C@H](COC(=O)CCCCCCCCCCCCC(C)C)COP(=O)(O)OC[C@@H](O)COP(=O)(O)OC[C@@H](COC(=O)CCCCCCCCCCCCC)OC(=O)CCCCCCCCCCCCC. The molecule has 17 nitrogen and oxygen atoms in total. The Bertz CT molecular complexity index is 1830. The van der Waals surface area contributed by atoms with Crippen LogP contribution in [0.1, 0.15) is 343 Å². The molecule has 530 valence electrons. The molecule has 0 aromatic rings. The van der Waals surface area contributed by atoms with Gasteiger partial charge in [-0.15, -0.1) is 0 Å². The molecule has 0 aliphatic carbocycles. The van der Waals surface area contributed by atoms with E-state index in [1.807, 2.05) is 0 Å². The fraction of sp³-hybridized carbons (Fsp3) is 0.887. The first-order chi connectivity index (χ1) is 43.5. The Kier molecular flexibility index (Phi) is 62.2. The minimum Gasteiger partial charge on any atom is -0.462 e. The van der Waals surface area contributed by atoms with Crippen molar-refractivity contribution in [3.05, 3.63) is 24.3 Å². The van der Waals surface area contributed by atoms with Crippen molar-refractivity contribution in [3.63, 3.8) is 0 Å². The van der Waals surface area contributed by atoms with Gasteiger partial charge in [-0.05, 0) is 57.3 Å². The molecule has 0 amide bonds. The first kappa shape index (κ1) is 87.5. The zero-order valence-corrected chi connectivity index (χ0v) is 59.5. The third-order valence-electron chi connectivity index (χ3n) is 15.9. The minimum atomic E-state index is -4.96. The molecule has 0 aromatic heterocycles. The maximum atomic E-state index is 13.0. The molecule has 3 N–H and O–H groups in total. The number of aliphatic hydroxyl groups is 1. The number of ether oxygens (including phenoxy) is 4. The van der Waals surface area contributed by atoms with Crippen molar-refractivity contribution in [3.8, 4) is 0 Å². The lowest BCUT2D eigenvalue weighted by molar-refractivity contribution is -0.161. The van der Waals surface area contributed by atoms with Crippen molar-refractivity contribution in [2.75, 3.05) is 39.6 Å². The molecule has 0 saturated carbocycles. The Balaban J connectivity index is 5.29. The molecule has 0 fully saturated rings. The van der Waals surface area contributed by atoms with Crippen molar-refractivity contribution < 1.29 is 80.2 Å².